The number of anilines is 2. The van der Waals surface area contributed by atoms with Gasteiger partial charge in [-0.3, -0.25) is 19.6 Å². The molecule has 1 saturated heterocycles. The predicted octanol–water partition coefficient (Wildman–Crippen LogP) is 1.55. The summed E-state index contributed by atoms with van der Waals surface area (Å²) in [6, 6.07) is 1.97. The highest BCUT2D eigenvalue weighted by Gasteiger charge is 2.36. The maximum Gasteiger partial charge on any atom is 0.232 e. The Morgan fingerprint density at radius 2 is 2.21 bits per heavy atom. The zero-order chi connectivity index (χ0) is 17.3. The largest absolute Gasteiger partial charge is 0.309 e. The van der Waals surface area contributed by atoms with Crippen molar-refractivity contribution >= 4 is 23.5 Å². The number of amides is 2. The number of nitrogens with one attached hydrogen (secondary N) is 1. The maximum absolute atomic E-state index is 12.4. The van der Waals surface area contributed by atoms with Gasteiger partial charge in [0.2, 0.25) is 17.8 Å². The van der Waals surface area contributed by atoms with E-state index < -0.39 is 5.92 Å². The minimum absolute atomic E-state index is 0.0800. The molecule has 1 aliphatic rings. The number of carbonyl (C=O) groups is 2. The van der Waals surface area contributed by atoms with E-state index in [0.717, 1.165) is 11.4 Å². The van der Waals surface area contributed by atoms with Crippen molar-refractivity contribution in [3.8, 4) is 0 Å². The molecule has 24 heavy (non-hydrogen) atoms. The first-order chi connectivity index (χ1) is 11.4. The second-order valence-electron chi connectivity index (χ2n) is 6.19. The number of nitrogens with zero attached hydrogens (tertiary/aromatic N) is 5. The van der Waals surface area contributed by atoms with E-state index in [0.29, 0.717) is 6.54 Å². The van der Waals surface area contributed by atoms with Gasteiger partial charge in [-0.25, -0.2) is 9.97 Å². The summed E-state index contributed by atoms with van der Waals surface area (Å²) in [7, 11) is 0. The van der Waals surface area contributed by atoms with Crippen LogP contribution in [0.2, 0.25) is 0 Å². The van der Waals surface area contributed by atoms with E-state index in [9.17, 15) is 9.59 Å². The monoisotopic (exact) mass is 328 g/mol. The molecule has 1 N–H and O–H groups in total. The molecule has 3 heterocycles. The number of aromatic nitrogens is 4. The van der Waals surface area contributed by atoms with Gasteiger partial charge in [0.15, 0.2) is 0 Å². The van der Waals surface area contributed by atoms with Crippen molar-refractivity contribution in [1.82, 2.24) is 19.7 Å². The average Bonchev–Trinajstić information content (AvgIpc) is 3.13. The quantitative estimate of drug-likeness (QED) is 0.919. The van der Waals surface area contributed by atoms with Crippen molar-refractivity contribution in [3.63, 3.8) is 0 Å². The molecule has 2 aromatic heterocycles. The second-order valence-corrected chi connectivity index (χ2v) is 6.19. The molecule has 0 radical (unpaired) electrons. The fourth-order valence-electron chi connectivity index (χ4n) is 2.60. The van der Waals surface area contributed by atoms with Crippen molar-refractivity contribution < 1.29 is 9.59 Å². The molecule has 1 atom stereocenters. The summed E-state index contributed by atoms with van der Waals surface area (Å²) < 4.78 is 1.79. The third kappa shape index (κ3) is 3.27. The van der Waals surface area contributed by atoms with Crippen molar-refractivity contribution in [3.05, 3.63) is 30.4 Å². The van der Waals surface area contributed by atoms with Gasteiger partial charge in [0.05, 0.1) is 17.8 Å². The minimum Gasteiger partial charge on any atom is -0.309 e. The van der Waals surface area contributed by atoms with Crippen molar-refractivity contribution in [2.45, 2.75) is 33.2 Å². The molecule has 3 rings (SSSR count). The molecule has 0 aromatic carbocycles. The number of carbonyl (C=O) groups excluding carboxylic acids is 2. The van der Waals surface area contributed by atoms with Gasteiger partial charge in [-0.2, -0.15) is 5.10 Å². The van der Waals surface area contributed by atoms with Crippen molar-refractivity contribution in [2.24, 2.45) is 5.92 Å². The summed E-state index contributed by atoms with van der Waals surface area (Å²) in [5, 5.41) is 6.92. The topological polar surface area (TPSA) is 93.0 Å². The Morgan fingerprint density at radius 3 is 2.88 bits per heavy atom. The minimum atomic E-state index is -0.427. The lowest BCUT2D eigenvalue weighted by Gasteiger charge is -2.14. The van der Waals surface area contributed by atoms with Crippen LogP contribution in [0.1, 0.15) is 32.0 Å². The molecule has 0 spiro atoms. The Bertz CT molecular complexity index is 769. The van der Waals surface area contributed by atoms with E-state index in [1.165, 1.54) is 0 Å². The summed E-state index contributed by atoms with van der Waals surface area (Å²) in [6.07, 6.45) is 5.24. The van der Waals surface area contributed by atoms with E-state index in [-0.39, 0.29) is 30.2 Å². The Balaban J connectivity index is 1.68. The highest BCUT2D eigenvalue weighted by Crippen LogP contribution is 2.26. The molecule has 0 saturated carbocycles. The Morgan fingerprint density at radius 1 is 1.42 bits per heavy atom. The first kappa shape index (κ1) is 16.1. The first-order valence-electron chi connectivity index (χ1n) is 7.89. The summed E-state index contributed by atoms with van der Waals surface area (Å²) in [6.45, 7) is 6.19. The Labute approximate surface area is 139 Å². The Kier molecular flexibility index (Phi) is 4.28. The van der Waals surface area contributed by atoms with Crippen LogP contribution in [0, 0.1) is 12.8 Å². The smallest absolute Gasteiger partial charge is 0.232 e. The first-order valence-corrected chi connectivity index (χ1v) is 7.89. The third-order valence-corrected chi connectivity index (χ3v) is 3.95. The van der Waals surface area contributed by atoms with Gasteiger partial charge < -0.3 is 4.90 Å². The normalized spacial score (nSPS) is 17.6. The predicted molar refractivity (Wildman–Crippen MR) is 88.5 cm³/mol. The van der Waals surface area contributed by atoms with Gasteiger partial charge in [0.1, 0.15) is 0 Å². The average molecular weight is 328 g/mol. The van der Waals surface area contributed by atoms with E-state index in [1.807, 2.05) is 27.0 Å². The van der Waals surface area contributed by atoms with Crippen LogP contribution in [0.3, 0.4) is 0 Å². The number of rotatable bonds is 4. The van der Waals surface area contributed by atoms with E-state index in [1.54, 1.807) is 28.0 Å². The molecule has 0 unspecified atom stereocenters. The van der Waals surface area contributed by atoms with Crippen LogP contribution >= 0.6 is 0 Å². The molecule has 2 aromatic rings. The summed E-state index contributed by atoms with van der Waals surface area (Å²) in [4.78, 5) is 34.4. The van der Waals surface area contributed by atoms with Crippen LogP contribution in [0.25, 0.3) is 0 Å². The zero-order valence-corrected chi connectivity index (χ0v) is 13.9. The van der Waals surface area contributed by atoms with E-state index in [4.69, 9.17) is 0 Å². The number of hydrogen-bond acceptors (Lipinski definition) is 5. The summed E-state index contributed by atoms with van der Waals surface area (Å²) in [5.41, 5.74) is 1.49. The molecule has 8 nitrogen and oxygen atoms in total. The van der Waals surface area contributed by atoms with Crippen LogP contribution in [0.4, 0.5) is 11.6 Å². The van der Waals surface area contributed by atoms with Crippen molar-refractivity contribution in [2.75, 3.05) is 16.8 Å². The molecular formula is C16H20N6O2. The second kappa shape index (κ2) is 6.38. The summed E-state index contributed by atoms with van der Waals surface area (Å²) in [5.74, 6) is -0.487. The molecule has 126 valence electrons. The molecular weight excluding hydrogens is 308 g/mol. The van der Waals surface area contributed by atoms with Crippen LogP contribution in [0.5, 0.6) is 0 Å². The van der Waals surface area contributed by atoms with Gasteiger partial charge in [-0.1, -0.05) is 0 Å². The lowest BCUT2D eigenvalue weighted by Crippen LogP contribution is -2.28. The molecule has 1 fully saturated rings. The summed E-state index contributed by atoms with van der Waals surface area (Å²) >= 11 is 0. The third-order valence-electron chi connectivity index (χ3n) is 3.95. The highest BCUT2D eigenvalue weighted by molar-refractivity contribution is 6.02. The lowest BCUT2D eigenvalue weighted by molar-refractivity contribution is -0.122. The van der Waals surface area contributed by atoms with E-state index in [2.05, 4.69) is 20.4 Å². The zero-order valence-electron chi connectivity index (χ0n) is 13.9. The molecule has 8 heteroatoms. The SMILES string of the molecule is Cc1ccnc(NC(=O)[C@@H]2CC(=O)N(c3cnn(C(C)C)c3)C2)n1. The maximum atomic E-state index is 12.4. The van der Waals surface area contributed by atoms with Crippen LogP contribution in [-0.4, -0.2) is 38.1 Å². The van der Waals surface area contributed by atoms with Crippen LogP contribution < -0.4 is 10.2 Å². The molecule has 1 aliphatic heterocycles. The molecule has 0 bridgehead atoms. The van der Waals surface area contributed by atoms with Gasteiger partial charge in [-0.05, 0) is 26.8 Å². The fourth-order valence-corrected chi connectivity index (χ4v) is 2.60. The lowest BCUT2D eigenvalue weighted by atomic mass is 10.1. The standard InChI is InChI=1S/C16H20N6O2/c1-10(2)22-9-13(7-18-22)21-8-12(6-14(21)23)15(24)20-16-17-5-4-11(3)19-16/h4-5,7,9-10,12H,6,8H2,1-3H3,(H,17,19,20,24)/t12-/m1/s1. The van der Waals surface area contributed by atoms with E-state index >= 15 is 0 Å². The van der Waals surface area contributed by atoms with Gasteiger partial charge in [0, 0.05) is 37.1 Å². The van der Waals surface area contributed by atoms with Gasteiger partial charge in [0.25, 0.3) is 0 Å². The highest BCUT2D eigenvalue weighted by atomic mass is 16.2. The van der Waals surface area contributed by atoms with Crippen LogP contribution in [-0.2, 0) is 9.59 Å². The fraction of sp³-hybridized carbons (Fsp3) is 0.438. The van der Waals surface area contributed by atoms with Crippen molar-refractivity contribution in [1.29, 1.82) is 0 Å². The van der Waals surface area contributed by atoms with Crippen LogP contribution in [0.15, 0.2) is 24.7 Å². The molecule has 2 amide bonds. The number of aryl methyl sites for hydroxylation is 1. The number of hydrogen-bond donors (Lipinski definition) is 1. The van der Waals surface area contributed by atoms with Gasteiger partial charge >= 0.3 is 0 Å². The van der Waals surface area contributed by atoms with Gasteiger partial charge in [-0.15, -0.1) is 0 Å². The Hall–Kier alpha value is -2.77. The molecule has 0 aliphatic carbocycles.